The Bertz CT molecular complexity index is 498. The van der Waals surface area contributed by atoms with E-state index in [1.54, 1.807) is 18.2 Å². The van der Waals surface area contributed by atoms with Crippen LogP contribution in [0.4, 0.5) is 0 Å². The fourth-order valence-corrected chi connectivity index (χ4v) is 2.80. The summed E-state index contributed by atoms with van der Waals surface area (Å²) >= 11 is 0. The molecule has 1 rings (SSSR count). The molecule has 6 heteroatoms. The monoisotopic (exact) mass is 336 g/mol. The van der Waals surface area contributed by atoms with Crippen LogP contribution in [0.1, 0.15) is 84.6 Å². The van der Waals surface area contributed by atoms with Gasteiger partial charge in [0.15, 0.2) is 0 Å². The predicted octanol–water partition coefficient (Wildman–Crippen LogP) is 3.43. The molecule has 0 spiro atoms. The lowest BCUT2D eigenvalue weighted by Crippen LogP contribution is -2.18. The summed E-state index contributed by atoms with van der Waals surface area (Å²) < 4.78 is 0. The highest BCUT2D eigenvalue weighted by molar-refractivity contribution is 5.97. The van der Waals surface area contributed by atoms with Gasteiger partial charge in [0.2, 0.25) is 0 Å². The molecule has 0 saturated heterocycles. The number of unbranched alkanes of at least 4 members (excludes halogenated alkanes) is 7. The first-order chi connectivity index (χ1) is 11.7. The van der Waals surface area contributed by atoms with Gasteiger partial charge < -0.3 is 9.68 Å². The van der Waals surface area contributed by atoms with Crippen molar-refractivity contribution < 1.29 is 19.3 Å². The molecule has 134 valence electrons. The quantitative estimate of drug-likeness (QED) is 0.474. The lowest BCUT2D eigenvalue weighted by Gasteiger charge is -2.12. The van der Waals surface area contributed by atoms with Gasteiger partial charge in [-0.2, -0.15) is 11.8 Å². The molecule has 0 aliphatic rings. The maximum absolute atomic E-state index is 11.8. The first kappa shape index (κ1) is 20.1. The Morgan fingerprint density at radius 1 is 0.833 bits per heavy atom. The van der Waals surface area contributed by atoms with E-state index in [1.807, 2.05) is 0 Å². The van der Waals surface area contributed by atoms with Crippen LogP contribution in [0, 0.1) is 0 Å². The van der Waals surface area contributed by atoms with Gasteiger partial charge in [-0.25, -0.2) is 9.59 Å². The van der Waals surface area contributed by atoms with E-state index >= 15 is 0 Å². The summed E-state index contributed by atoms with van der Waals surface area (Å²) in [6.45, 7) is 2.20. The second-order valence-electron chi connectivity index (χ2n) is 5.87. The fourth-order valence-electron chi connectivity index (χ4n) is 2.80. The molecule has 0 amide bonds. The van der Waals surface area contributed by atoms with Gasteiger partial charge in [-0.1, -0.05) is 57.9 Å². The van der Waals surface area contributed by atoms with Crippen molar-refractivity contribution in [2.24, 2.45) is 11.8 Å². The standard InChI is InChI=1S/C18H28N2O4/c1-2-3-4-5-6-7-8-9-11-14-15(17(21)23-19)12-10-13-16(14)18(22)24-20/h10,12-13H,2-9,11,19-20H2,1H3. The molecule has 24 heavy (non-hydrogen) atoms. The molecule has 1 aromatic rings. The number of carbonyl (C=O) groups is 2. The molecule has 0 saturated carbocycles. The Balaban J connectivity index is 2.64. The molecular weight excluding hydrogens is 308 g/mol. The average molecular weight is 336 g/mol. The second kappa shape index (κ2) is 11.6. The van der Waals surface area contributed by atoms with Gasteiger partial charge in [-0.15, -0.1) is 0 Å². The molecule has 0 aliphatic carbocycles. The Hall–Kier alpha value is -1.92. The number of benzene rings is 1. The summed E-state index contributed by atoms with van der Waals surface area (Å²) in [6.07, 6.45) is 9.91. The van der Waals surface area contributed by atoms with Crippen molar-refractivity contribution in [1.82, 2.24) is 0 Å². The average Bonchev–Trinajstić information content (AvgIpc) is 2.62. The zero-order valence-corrected chi connectivity index (χ0v) is 14.4. The second-order valence-corrected chi connectivity index (χ2v) is 5.87. The van der Waals surface area contributed by atoms with E-state index in [2.05, 4.69) is 16.6 Å². The predicted molar refractivity (Wildman–Crippen MR) is 92.0 cm³/mol. The van der Waals surface area contributed by atoms with Crippen LogP contribution in [0.2, 0.25) is 0 Å². The molecule has 0 fully saturated rings. The van der Waals surface area contributed by atoms with Crippen molar-refractivity contribution in [3.05, 3.63) is 34.9 Å². The molecule has 0 radical (unpaired) electrons. The first-order valence-corrected chi connectivity index (χ1v) is 8.59. The molecule has 0 aliphatic heterocycles. The first-order valence-electron chi connectivity index (χ1n) is 8.59. The van der Waals surface area contributed by atoms with Crippen molar-refractivity contribution >= 4 is 11.9 Å². The van der Waals surface area contributed by atoms with Crippen LogP contribution >= 0.6 is 0 Å². The highest BCUT2D eigenvalue weighted by Gasteiger charge is 2.20. The summed E-state index contributed by atoms with van der Waals surface area (Å²) in [4.78, 5) is 32.2. The Morgan fingerprint density at radius 3 is 1.75 bits per heavy atom. The maximum atomic E-state index is 11.8. The van der Waals surface area contributed by atoms with Crippen molar-refractivity contribution in [3.8, 4) is 0 Å². The topological polar surface area (TPSA) is 105 Å². The maximum Gasteiger partial charge on any atom is 0.356 e. The van der Waals surface area contributed by atoms with E-state index in [4.69, 9.17) is 11.8 Å². The van der Waals surface area contributed by atoms with Gasteiger partial charge in [0.25, 0.3) is 0 Å². The highest BCUT2D eigenvalue weighted by Crippen LogP contribution is 2.20. The van der Waals surface area contributed by atoms with E-state index in [9.17, 15) is 9.59 Å². The third kappa shape index (κ3) is 6.29. The zero-order chi connectivity index (χ0) is 17.8. The number of rotatable bonds is 11. The van der Waals surface area contributed by atoms with Crippen molar-refractivity contribution in [2.75, 3.05) is 0 Å². The van der Waals surface area contributed by atoms with Crippen LogP contribution in [-0.4, -0.2) is 11.9 Å². The van der Waals surface area contributed by atoms with Gasteiger partial charge in [-0.3, -0.25) is 0 Å². The molecule has 0 aromatic heterocycles. The van der Waals surface area contributed by atoms with Gasteiger partial charge >= 0.3 is 11.9 Å². The number of hydrogen-bond acceptors (Lipinski definition) is 6. The minimum Gasteiger partial charge on any atom is -0.370 e. The molecule has 1 aromatic carbocycles. The lowest BCUT2D eigenvalue weighted by atomic mass is 9.95. The SMILES string of the molecule is CCCCCCCCCCc1c(C(=O)ON)cccc1C(=O)ON. The number of nitrogens with two attached hydrogens (primary N) is 2. The minimum atomic E-state index is -0.670. The van der Waals surface area contributed by atoms with E-state index < -0.39 is 11.9 Å². The Kier molecular flexibility index (Phi) is 9.72. The van der Waals surface area contributed by atoms with Crippen LogP contribution in [0.5, 0.6) is 0 Å². The van der Waals surface area contributed by atoms with Crippen molar-refractivity contribution in [1.29, 1.82) is 0 Å². The smallest absolute Gasteiger partial charge is 0.356 e. The van der Waals surface area contributed by atoms with Crippen LogP contribution < -0.4 is 11.8 Å². The van der Waals surface area contributed by atoms with Crippen LogP contribution in [-0.2, 0) is 16.1 Å². The van der Waals surface area contributed by atoms with Crippen LogP contribution in [0.25, 0.3) is 0 Å². The third-order valence-electron chi connectivity index (χ3n) is 4.11. The zero-order valence-electron chi connectivity index (χ0n) is 14.4. The fraction of sp³-hybridized carbons (Fsp3) is 0.556. The lowest BCUT2D eigenvalue weighted by molar-refractivity contribution is 0.0498. The van der Waals surface area contributed by atoms with Crippen molar-refractivity contribution in [3.63, 3.8) is 0 Å². The number of hydrogen-bond donors (Lipinski definition) is 2. The molecule has 6 nitrogen and oxygen atoms in total. The third-order valence-corrected chi connectivity index (χ3v) is 4.11. The largest absolute Gasteiger partial charge is 0.370 e. The Morgan fingerprint density at radius 2 is 1.29 bits per heavy atom. The van der Waals surface area contributed by atoms with E-state index in [0.29, 0.717) is 12.0 Å². The van der Waals surface area contributed by atoms with Crippen LogP contribution in [0.3, 0.4) is 0 Å². The summed E-state index contributed by atoms with van der Waals surface area (Å²) in [6, 6.07) is 4.75. The van der Waals surface area contributed by atoms with E-state index in [-0.39, 0.29) is 11.1 Å². The van der Waals surface area contributed by atoms with Gasteiger partial charge in [0, 0.05) is 0 Å². The summed E-state index contributed by atoms with van der Waals surface area (Å²) in [7, 11) is 0. The molecule has 0 bridgehead atoms. The highest BCUT2D eigenvalue weighted by atomic mass is 16.7. The number of carbonyl (C=O) groups excluding carboxylic acids is 2. The molecule has 4 N–H and O–H groups in total. The summed E-state index contributed by atoms with van der Waals surface area (Å²) in [5.41, 5.74) is 1.14. The normalized spacial score (nSPS) is 10.5. The van der Waals surface area contributed by atoms with Gasteiger partial charge in [0.05, 0.1) is 11.1 Å². The molecule has 0 atom stereocenters. The summed E-state index contributed by atoms with van der Waals surface area (Å²) in [5.74, 6) is 8.61. The van der Waals surface area contributed by atoms with Gasteiger partial charge in [0.1, 0.15) is 0 Å². The minimum absolute atomic E-state index is 0.281. The molecular formula is C18H28N2O4. The van der Waals surface area contributed by atoms with E-state index in [1.165, 1.54) is 32.1 Å². The molecule has 0 unspecified atom stereocenters. The van der Waals surface area contributed by atoms with E-state index in [0.717, 1.165) is 19.3 Å². The molecule has 0 heterocycles. The van der Waals surface area contributed by atoms with Crippen molar-refractivity contribution in [2.45, 2.75) is 64.7 Å². The summed E-state index contributed by atoms with van der Waals surface area (Å²) in [5, 5.41) is 0. The van der Waals surface area contributed by atoms with Gasteiger partial charge in [-0.05, 0) is 30.5 Å². The Labute approximate surface area is 143 Å². The van der Waals surface area contributed by atoms with Crippen LogP contribution in [0.15, 0.2) is 18.2 Å².